The Kier molecular flexibility index (Phi) is 6.47. The highest BCUT2D eigenvalue weighted by Gasteiger charge is 2.35. The molecule has 2 aromatic rings. The van der Waals surface area contributed by atoms with Crippen LogP contribution in [0.15, 0.2) is 42.5 Å². The van der Waals surface area contributed by atoms with Crippen molar-refractivity contribution in [3.05, 3.63) is 70.5 Å². The topological polar surface area (TPSA) is 43.8 Å². The van der Waals surface area contributed by atoms with Gasteiger partial charge in [-0.2, -0.15) is 0 Å². The number of rotatable bonds is 6. The van der Waals surface area contributed by atoms with E-state index in [1.807, 2.05) is 49.3 Å². The third-order valence-electron chi connectivity index (χ3n) is 5.58. The van der Waals surface area contributed by atoms with E-state index >= 15 is 0 Å². The first-order valence-corrected chi connectivity index (χ1v) is 9.76. The van der Waals surface area contributed by atoms with E-state index in [0.29, 0.717) is 30.6 Å². The van der Waals surface area contributed by atoms with Crippen LogP contribution in [-0.2, 0) is 6.42 Å². The quantitative estimate of drug-likeness (QED) is 0.833. The van der Waals surface area contributed by atoms with Crippen LogP contribution >= 0.6 is 0 Å². The van der Waals surface area contributed by atoms with Crippen molar-refractivity contribution in [3.8, 4) is 0 Å². The molecule has 1 heterocycles. The van der Waals surface area contributed by atoms with Crippen LogP contribution in [-0.4, -0.2) is 61.2 Å². The Balaban J connectivity index is 1.80. The van der Waals surface area contributed by atoms with E-state index in [1.54, 1.807) is 19.1 Å². The van der Waals surface area contributed by atoms with Gasteiger partial charge in [0, 0.05) is 37.7 Å². The number of aryl methyl sites for hydroxylation is 1. The first kappa shape index (κ1) is 20.5. The summed E-state index contributed by atoms with van der Waals surface area (Å²) in [5, 5.41) is 9.73. The third-order valence-corrected chi connectivity index (χ3v) is 5.58. The molecule has 150 valence electrons. The molecular weight excluding hydrogens is 355 g/mol. The van der Waals surface area contributed by atoms with Gasteiger partial charge in [0.05, 0.1) is 0 Å². The lowest BCUT2D eigenvalue weighted by atomic mass is 9.97. The molecule has 0 aromatic heterocycles. The van der Waals surface area contributed by atoms with Gasteiger partial charge in [0.25, 0.3) is 5.91 Å². The Morgan fingerprint density at radius 3 is 2.57 bits per heavy atom. The van der Waals surface area contributed by atoms with Crippen LogP contribution in [0.25, 0.3) is 0 Å². The smallest absolute Gasteiger partial charge is 0.254 e. The molecular formula is C23H29FN2O2. The van der Waals surface area contributed by atoms with Gasteiger partial charge in [-0.1, -0.05) is 30.3 Å². The largest absolute Gasteiger partial charge is 0.396 e. The van der Waals surface area contributed by atoms with E-state index in [2.05, 4.69) is 4.90 Å². The molecule has 2 aromatic carbocycles. The van der Waals surface area contributed by atoms with Gasteiger partial charge in [-0.15, -0.1) is 0 Å². The number of halogens is 1. The summed E-state index contributed by atoms with van der Waals surface area (Å²) in [6, 6.07) is 12.8. The van der Waals surface area contributed by atoms with E-state index in [1.165, 1.54) is 0 Å². The van der Waals surface area contributed by atoms with Gasteiger partial charge in [0.1, 0.15) is 5.82 Å². The Morgan fingerprint density at radius 2 is 1.89 bits per heavy atom. The fourth-order valence-corrected chi connectivity index (χ4v) is 4.01. The summed E-state index contributed by atoms with van der Waals surface area (Å²) in [5.41, 5.74) is 3.02. The van der Waals surface area contributed by atoms with Crippen molar-refractivity contribution in [2.45, 2.75) is 13.3 Å². The van der Waals surface area contributed by atoms with Crippen LogP contribution in [0, 0.1) is 24.6 Å². The highest BCUT2D eigenvalue weighted by Crippen LogP contribution is 2.26. The van der Waals surface area contributed by atoms with Crippen LogP contribution < -0.4 is 0 Å². The summed E-state index contributed by atoms with van der Waals surface area (Å²) in [7, 11) is 4.02. The van der Waals surface area contributed by atoms with Crippen LogP contribution in [0.1, 0.15) is 27.0 Å². The second-order valence-electron chi connectivity index (χ2n) is 8.09. The molecule has 0 bridgehead atoms. The molecule has 1 fully saturated rings. The number of amides is 1. The minimum Gasteiger partial charge on any atom is -0.396 e. The Bertz CT molecular complexity index is 837. The maximum atomic E-state index is 13.9. The van der Waals surface area contributed by atoms with Gasteiger partial charge < -0.3 is 14.9 Å². The van der Waals surface area contributed by atoms with Gasteiger partial charge in [0.15, 0.2) is 0 Å². The molecule has 2 atom stereocenters. The molecule has 3 rings (SSSR count). The van der Waals surface area contributed by atoms with Crippen LogP contribution in [0.5, 0.6) is 0 Å². The zero-order valence-corrected chi connectivity index (χ0v) is 16.9. The molecule has 1 aliphatic rings. The van der Waals surface area contributed by atoms with Crippen LogP contribution in [0.3, 0.4) is 0 Å². The van der Waals surface area contributed by atoms with Crippen molar-refractivity contribution in [1.29, 1.82) is 0 Å². The highest BCUT2D eigenvalue weighted by molar-refractivity contribution is 5.96. The normalized spacial score (nSPS) is 19.4. The lowest BCUT2D eigenvalue weighted by molar-refractivity contribution is 0.0778. The number of hydrogen-bond donors (Lipinski definition) is 1. The Hall–Kier alpha value is -2.24. The second-order valence-corrected chi connectivity index (χ2v) is 8.09. The number of likely N-dealkylation sites (tertiary alicyclic amines) is 1. The molecule has 0 spiro atoms. The SMILES string of the molecule is Cc1ccc(Cc2ccccc2C(=O)N2CC(CO)C(CN(C)C)C2)cc1F. The van der Waals surface area contributed by atoms with Gasteiger partial charge in [-0.05, 0) is 62.2 Å². The molecule has 0 radical (unpaired) electrons. The molecule has 28 heavy (non-hydrogen) atoms. The molecule has 1 saturated heterocycles. The Labute approximate surface area is 166 Å². The number of nitrogens with zero attached hydrogens (tertiary/aromatic N) is 2. The summed E-state index contributed by atoms with van der Waals surface area (Å²) in [5.74, 6) is 0.132. The lowest BCUT2D eigenvalue weighted by Crippen LogP contribution is -2.31. The zero-order valence-electron chi connectivity index (χ0n) is 16.9. The average molecular weight is 384 g/mol. The molecule has 0 aliphatic carbocycles. The van der Waals surface area contributed by atoms with Crippen molar-refractivity contribution < 1.29 is 14.3 Å². The van der Waals surface area contributed by atoms with Gasteiger partial charge in [-0.3, -0.25) is 4.79 Å². The summed E-state index contributed by atoms with van der Waals surface area (Å²) in [6.45, 7) is 3.90. The first-order valence-electron chi connectivity index (χ1n) is 9.76. The van der Waals surface area contributed by atoms with Crippen molar-refractivity contribution in [3.63, 3.8) is 0 Å². The van der Waals surface area contributed by atoms with E-state index in [-0.39, 0.29) is 30.2 Å². The molecule has 1 N–H and O–H groups in total. The average Bonchev–Trinajstić information content (AvgIpc) is 3.07. The van der Waals surface area contributed by atoms with E-state index < -0.39 is 0 Å². The standard InChI is InChI=1S/C23H29FN2O2/c1-16-8-9-17(11-22(16)24)10-18-6-4-5-7-21(18)23(28)26-13-19(12-25(2)3)20(14-26)15-27/h4-9,11,19-20,27H,10,12-15H2,1-3H3. The van der Waals surface area contributed by atoms with Gasteiger partial charge in [0.2, 0.25) is 0 Å². The molecule has 1 aliphatic heterocycles. The lowest BCUT2D eigenvalue weighted by Gasteiger charge is -2.20. The Morgan fingerprint density at radius 1 is 1.18 bits per heavy atom. The number of aliphatic hydroxyl groups is 1. The summed E-state index contributed by atoms with van der Waals surface area (Å²) in [4.78, 5) is 17.2. The fraction of sp³-hybridized carbons (Fsp3) is 0.435. The maximum absolute atomic E-state index is 13.9. The van der Waals surface area contributed by atoms with Crippen molar-refractivity contribution in [2.75, 3.05) is 40.3 Å². The zero-order chi connectivity index (χ0) is 20.3. The number of benzene rings is 2. The minimum absolute atomic E-state index is 0.0112. The molecule has 4 nitrogen and oxygen atoms in total. The fourth-order valence-electron chi connectivity index (χ4n) is 4.01. The monoisotopic (exact) mass is 384 g/mol. The second kappa shape index (κ2) is 8.84. The van der Waals surface area contributed by atoms with E-state index in [4.69, 9.17) is 0 Å². The number of carbonyl (C=O) groups is 1. The molecule has 0 saturated carbocycles. The summed E-state index contributed by atoms with van der Waals surface area (Å²) < 4.78 is 13.9. The van der Waals surface area contributed by atoms with Crippen molar-refractivity contribution in [2.24, 2.45) is 11.8 Å². The highest BCUT2D eigenvalue weighted by atomic mass is 19.1. The number of aliphatic hydroxyl groups excluding tert-OH is 1. The summed E-state index contributed by atoms with van der Waals surface area (Å²) in [6.07, 6.45) is 0.511. The van der Waals surface area contributed by atoms with Gasteiger partial charge >= 0.3 is 0 Å². The van der Waals surface area contributed by atoms with Gasteiger partial charge in [-0.25, -0.2) is 4.39 Å². The molecule has 5 heteroatoms. The predicted octanol–water partition coefficient (Wildman–Crippen LogP) is 2.97. The summed E-state index contributed by atoms with van der Waals surface area (Å²) >= 11 is 0. The first-order chi connectivity index (χ1) is 13.4. The predicted molar refractivity (Wildman–Crippen MR) is 109 cm³/mol. The van der Waals surface area contributed by atoms with E-state index in [0.717, 1.165) is 17.7 Å². The number of carbonyl (C=O) groups excluding carboxylic acids is 1. The minimum atomic E-state index is -0.224. The molecule has 1 amide bonds. The van der Waals surface area contributed by atoms with Crippen LogP contribution in [0.2, 0.25) is 0 Å². The molecule has 2 unspecified atom stereocenters. The van der Waals surface area contributed by atoms with Crippen molar-refractivity contribution >= 4 is 5.91 Å². The number of hydrogen-bond acceptors (Lipinski definition) is 3. The van der Waals surface area contributed by atoms with E-state index in [9.17, 15) is 14.3 Å². The third kappa shape index (κ3) is 4.59. The maximum Gasteiger partial charge on any atom is 0.254 e. The van der Waals surface area contributed by atoms with Crippen LogP contribution in [0.4, 0.5) is 4.39 Å². The van der Waals surface area contributed by atoms with Crippen molar-refractivity contribution in [1.82, 2.24) is 9.80 Å².